The molecule has 3 rings (SSSR count). The number of ether oxygens (including phenoxy) is 1. The quantitative estimate of drug-likeness (QED) is 0.142. The van der Waals surface area contributed by atoms with Crippen molar-refractivity contribution in [1.29, 1.82) is 0 Å². The maximum absolute atomic E-state index is 14.6. The van der Waals surface area contributed by atoms with Gasteiger partial charge in [0.05, 0.1) is 23.2 Å². The third-order valence-electron chi connectivity index (χ3n) is 7.92. The predicted molar refractivity (Wildman–Crippen MR) is 156 cm³/mol. The molecule has 0 aromatic rings. The Bertz CT molecular complexity index is 934. The topological polar surface area (TPSA) is 87.1 Å². The number of amides is 2. The van der Waals surface area contributed by atoms with Crippen LogP contribution >= 0.6 is 27.7 Å². The van der Waals surface area contributed by atoms with Crippen molar-refractivity contribution >= 4 is 45.5 Å². The van der Waals surface area contributed by atoms with Crippen LogP contribution in [-0.2, 0) is 19.1 Å². The second-order valence-corrected chi connectivity index (χ2v) is 15.4. The summed E-state index contributed by atoms with van der Waals surface area (Å²) in [5.74, 6) is -1.88. The highest BCUT2D eigenvalue weighted by molar-refractivity contribution is 9.09. The van der Waals surface area contributed by atoms with Gasteiger partial charge in [-0.1, -0.05) is 48.9 Å². The first-order chi connectivity index (χ1) is 17.8. The van der Waals surface area contributed by atoms with Crippen molar-refractivity contribution in [1.82, 2.24) is 9.80 Å². The molecule has 9 heteroatoms. The Kier molecular flexibility index (Phi) is 9.90. The van der Waals surface area contributed by atoms with E-state index < -0.39 is 28.2 Å². The Morgan fingerprint density at radius 1 is 1.24 bits per heavy atom. The van der Waals surface area contributed by atoms with E-state index in [0.717, 1.165) is 12.8 Å². The molecule has 214 valence electrons. The van der Waals surface area contributed by atoms with E-state index in [-0.39, 0.29) is 53.0 Å². The van der Waals surface area contributed by atoms with Gasteiger partial charge in [0.15, 0.2) is 0 Å². The van der Waals surface area contributed by atoms with E-state index in [1.165, 1.54) is 0 Å². The van der Waals surface area contributed by atoms with E-state index in [9.17, 15) is 19.5 Å². The summed E-state index contributed by atoms with van der Waals surface area (Å²) in [7, 11) is 0. The fourth-order valence-electron chi connectivity index (χ4n) is 6.96. The third kappa shape index (κ3) is 5.90. The normalized spacial score (nSPS) is 30.3. The summed E-state index contributed by atoms with van der Waals surface area (Å²) in [6.07, 6.45) is 6.71. The molecule has 2 bridgehead atoms. The molecule has 3 unspecified atom stereocenters. The summed E-state index contributed by atoms with van der Waals surface area (Å²) >= 11 is 5.40. The number of halogens is 1. The smallest absolute Gasteiger partial charge is 0.310 e. The van der Waals surface area contributed by atoms with Gasteiger partial charge in [-0.2, -0.15) is 0 Å². The van der Waals surface area contributed by atoms with Crippen LogP contribution in [0.2, 0.25) is 0 Å². The highest BCUT2D eigenvalue weighted by Crippen LogP contribution is 2.68. The molecule has 0 radical (unpaired) electrons. The Labute approximate surface area is 240 Å². The Morgan fingerprint density at radius 3 is 2.50 bits per heavy atom. The highest BCUT2D eigenvalue weighted by Gasteiger charge is 2.76. The monoisotopic (exact) mass is 612 g/mol. The molecule has 2 amide bonds. The molecule has 1 N–H and O–H groups in total. The van der Waals surface area contributed by atoms with Gasteiger partial charge in [-0.25, -0.2) is 0 Å². The number of hydrogen-bond acceptors (Lipinski definition) is 6. The molecular weight excluding hydrogens is 568 g/mol. The van der Waals surface area contributed by atoms with Gasteiger partial charge in [-0.3, -0.25) is 14.4 Å². The number of aliphatic hydroxyl groups excluding tert-OH is 1. The molecule has 0 aromatic carbocycles. The summed E-state index contributed by atoms with van der Waals surface area (Å²) < 4.78 is 4.92. The third-order valence-corrected chi connectivity index (χ3v) is 11.1. The summed E-state index contributed by atoms with van der Waals surface area (Å²) in [4.78, 5) is 45.5. The lowest BCUT2D eigenvalue weighted by molar-refractivity contribution is -0.154. The number of carbonyl (C=O) groups is 3. The molecule has 1 spiro atoms. The van der Waals surface area contributed by atoms with E-state index in [1.807, 2.05) is 4.90 Å². The second kappa shape index (κ2) is 12.0. The molecule has 3 heterocycles. The fraction of sp³-hybridized carbons (Fsp3) is 0.759. The van der Waals surface area contributed by atoms with Crippen LogP contribution in [0.3, 0.4) is 0 Å². The Balaban J connectivity index is 2.02. The van der Waals surface area contributed by atoms with Crippen LogP contribution in [0.15, 0.2) is 25.3 Å². The van der Waals surface area contributed by atoms with Crippen LogP contribution in [0.1, 0.15) is 66.7 Å². The van der Waals surface area contributed by atoms with E-state index >= 15 is 0 Å². The van der Waals surface area contributed by atoms with E-state index in [1.54, 1.807) is 28.8 Å². The molecule has 3 aliphatic rings. The zero-order valence-electron chi connectivity index (χ0n) is 23.6. The zero-order valence-corrected chi connectivity index (χ0v) is 26.0. The standard InChI is InChI=1S/C29H45BrN2O5S/c1-8-10-11-16-37-26(36)20-21-24(34)31(14-12-15-33)23(29(21)17-19(30)22(20)38-29)25(35)32(13-9-2)28(6,7)18-27(3,4)5/h8-9,19-23,33H,1-2,10-18H2,3-7H3/t19?,20-,21-,22-,23?,29?/m0/s1. The lowest BCUT2D eigenvalue weighted by Gasteiger charge is -2.46. The van der Waals surface area contributed by atoms with Gasteiger partial charge in [0.2, 0.25) is 11.8 Å². The summed E-state index contributed by atoms with van der Waals surface area (Å²) in [5.41, 5.74) is -0.503. The first-order valence-corrected chi connectivity index (χ1v) is 15.5. The number of likely N-dealkylation sites (tertiary alicyclic amines) is 1. The van der Waals surface area contributed by atoms with Crippen molar-refractivity contribution in [3.8, 4) is 0 Å². The molecule has 0 aliphatic carbocycles. The van der Waals surface area contributed by atoms with Gasteiger partial charge in [-0.15, -0.1) is 24.9 Å². The van der Waals surface area contributed by atoms with Gasteiger partial charge in [0.1, 0.15) is 6.04 Å². The lowest BCUT2D eigenvalue weighted by Crippen LogP contribution is -2.60. The van der Waals surface area contributed by atoms with Crippen molar-refractivity contribution < 1.29 is 24.2 Å². The number of unbranched alkanes of at least 4 members (excludes halogenated alkanes) is 1. The SMILES string of the molecule is C=CCCCOC(=O)[C@H]1[C@H]2C(=O)N(CCCO)C(C(=O)N(CC=C)C(C)(C)CC(C)(C)C)C23CC(Br)[C@@H]1S3. The van der Waals surface area contributed by atoms with Crippen LogP contribution in [0.4, 0.5) is 0 Å². The molecule has 3 aliphatic heterocycles. The average Bonchev–Trinajstić information content (AvgIpc) is 3.40. The number of alkyl halides is 1. The van der Waals surface area contributed by atoms with Crippen molar-refractivity contribution in [3.63, 3.8) is 0 Å². The Morgan fingerprint density at radius 2 is 1.92 bits per heavy atom. The van der Waals surface area contributed by atoms with E-state index in [2.05, 4.69) is 63.7 Å². The molecule has 7 nitrogen and oxygen atoms in total. The average molecular weight is 614 g/mol. The zero-order chi connectivity index (χ0) is 28.5. The molecular formula is C29H45BrN2O5S. The first-order valence-electron chi connectivity index (χ1n) is 13.7. The lowest BCUT2D eigenvalue weighted by atomic mass is 9.70. The van der Waals surface area contributed by atoms with Crippen LogP contribution in [-0.4, -0.2) is 85.4 Å². The van der Waals surface area contributed by atoms with Gasteiger partial charge in [0, 0.05) is 35.3 Å². The second-order valence-electron chi connectivity index (χ2n) is 12.7. The van der Waals surface area contributed by atoms with E-state index in [4.69, 9.17) is 4.74 Å². The Hall–Kier alpha value is -1.32. The maximum atomic E-state index is 14.6. The maximum Gasteiger partial charge on any atom is 0.310 e. The van der Waals surface area contributed by atoms with Gasteiger partial charge < -0.3 is 19.6 Å². The minimum absolute atomic E-state index is 0.00851. The van der Waals surface area contributed by atoms with Gasteiger partial charge in [-0.05, 0) is 51.4 Å². The van der Waals surface area contributed by atoms with Crippen LogP contribution in [0.25, 0.3) is 0 Å². The van der Waals surface area contributed by atoms with Crippen LogP contribution < -0.4 is 0 Å². The molecule has 0 aromatic heterocycles. The number of carbonyl (C=O) groups excluding carboxylic acids is 3. The largest absolute Gasteiger partial charge is 0.465 e. The van der Waals surface area contributed by atoms with Gasteiger partial charge in [0.25, 0.3) is 0 Å². The minimum atomic E-state index is -0.732. The number of fused-ring (bicyclic) bond motifs is 1. The van der Waals surface area contributed by atoms with Crippen molar-refractivity contribution in [2.24, 2.45) is 17.3 Å². The molecule has 0 saturated carbocycles. The summed E-state index contributed by atoms with van der Waals surface area (Å²) in [5, 5.41) is 9.47. The van der Waals surface area contributed by atoms with Crippen LogP contribution in [0.5, 0.6) is 0 Å². The van der Waals surface area contributed by atoms with E-state index in [0.29, 0.717) is 25.8 Å². The number of aliphatic hydroxyl groups is 1. The van der Waals surface area contributed by atoms with Gasteiger partial charge >= 0.3 is 5.97 Å². The van der Waals surface area contributed by atoms with Crippen LogP contribution in [0, 0.1) is 17.3 Å². The number of hydrogen-bond donors (Lipinski definition) is 1. The molecule has 38 heavy (non-hydrogen) atoms. The molecule has 3 saturated heterocycles. The predicted octanol–water partition coefficient (Wildman–Crippen LogP) is 4.57. The number of thioether (sulfide) groups is 1. The number of rotatable bonds is 13. The number of esters is 1. The van der Waals surface area contributed by atoms with Crippen molar-refractivity contribution in [3.05, 3.63) is 25.3 Å². The van der Waals surface area contributed by atoms with Crippen molar-refractivity contribution in [2.45, 2.75) is 93.1 Å². The fourth-order valence-corrected chi connectivity index (χ4v) is 10.6. The first kappa shape index (κ1) is 31.2. The number of nitrogens with zero attached hydrogens (tertiary/aromatic N) is 2. The molecule has 3 fully saturated rings. The van der Waals surface area contributed by atoms with Crippen molar-refractivity contribution in [2.75, 3.05) is 26.3 Å². The highest BCUT2D eigenvalue weighted by atomic mass is 79.9. The number of allylic oxidation sites excluding steroid dienone is 1. The molecule has 6 atom stereocenters. The minimum Gasteiger partial charge on any atom is -0.465 e. The summed E-state index contributed by atoms with van der Waals surface area (Å²) in [6.45, 7) is 19.1. The summed E-state index contributed by atoms with van der Waals surface area (Å²) in [6, 6.07) is -0.723.